The van der Waals surface area contributed by atoms with Crippen molar-refractivity contribution in [1.29, 1.82) is 0 Å². The number of anilines is 1. The number of halogens is 1. The van der Waals surface area contributed by atoms with Gasteiger partial charge in [-0.2, -0.15) is 5.10 Å². The van der Waals surface area contributed by atoms with Crippen molar-refractivity contribution in [3.05, 3.63) is 65.2 Å². The summed E-state index contributed by atoms with van der Waals surface area (Å²) in [5.74, 6) is -0.542. The van der Waals surface area contributed by atoms with E-state index in [1.165, 1.54) is 13.1 Å². The molecule has 0 fully saturated rings. The van der Waals surface area contributed by atoms with E-state index < -0.39 is 22.0 Å². The quantitative estimate of drug-likeness (QED) is 0.619. The van der Waals surface area contributed by atoms with Crippen LogP contribution < -0.4 is 9.73 Å². The number of hydrogen-bond acceptors (Lipinski definition) is 4. The molecule has 25 heavy (non-hydrogen) atoms. The van der Waals surface area contributed by atoms with Crippen LogP contribution in [0.2, 0.25) is 5.02 Å². The van der Waals surface area contributed by atoms with Crippen LogP contribution in [0.25, 0.3) is 0 Å². The molecule has 0 aliphatic rings. The van der Waals surface area contributed by atoms with Gasteiger partial charge in [-0.1, -0.05) is 41.9 Å². The zero-order chi connectivity index (χ0) is 18.4. The summed E-state index contributed by atoms with van der Waals surface area (Å²) in [5.41, 5.74) is 3.52. The van der Waals surface area contributed by atoms with Crippen LogP contribution >= 0.6 is 11.6 Å². The highest BCUT2D eigenvalue weighted by atomic mass is 35.5. The first kappa shape index (κ1) is 19.0. The second-order valence-electron chi connectivity index (χ2n) is 5.36. The number of nitrogens with one attached hydrogen (secondary N) is 1. The van der Waals surface area contributed by atoms with Gasteiger partial charge >= 0.3 is 0 Å². The Kier molecular flexibility index (Phi) is 6.17. The van der Waals surface area contributed by atoms with Gasteiger partial charge in [0.2, 0.25) is 10.0 Å². The van der Waals surface area contributed by atoms with Crippen LogP contribution in [0.4, 0.5) is 5.69 Å². The lowest BCUT2D eigenvalue weighted by Gasteiger charge is -2.27. The zero-order valence-corrected chi connectivity index (χ0v) is 15.3. The van der Waals surface area contributed by atoms with E-state index in [9.17, 15) is 13.2 Å². The van der Waals surface area contributed by atoms with Crippen molar-refractivity contribution in [3.63, 3.8) is 0 Å². The third-order valence-corrected chi connectivity index (χ3v) is 4.85. The Hall–Kier alpha value is -2.38. The maximum atomic E-state index is 12.3. The minimum atomic E-state index is -3.64. The van der Waals surface area contributed by atoms with E-state index in [1.807, 2.05) is 0 Å². The van der Waals surface area contributed by atoms with Gasteiger partial charge in [-0.15, -0.1) is 0 Å². The molecule has 0 saturated heterocycles. The summed E-state index contributed by atoms with van der Waals surface area (Å²) in [6.07, 6.45) is 2.51. The van der Waals surface area contributed by atoms with E-state index in [0.29, 0.717) is 10.7 Å². The molecule has 2 rings (SSSR count). The number of carbonyl (C=O) groups excluding carboxylic acids is 1. The van der Waals surface area contributed by atoms with Crippen molar-refractivity contribution in [3.8, 4) is 0 Å². The van der Waals surface area contributed by atoms with Crippen LogP contribution in [0.5, 0.6) is 0 Å². The maximum absolute atomic E-state index is 12.3. The molecule has 0 radical (unpaired) electrons. The molecule has 0 saturated carbocycles. The maximum Gasteiger partial charge on any atom is 0.263 e. The Bertz CT molecular complexity index is 852. The van der Waals surface area contributed by atoms with Crippen LogP contribution in [0, 0.1) is 0 Å². The van der Waals surface area contributed by atoms with Crippen LogP contribution in [0.15, 0.2) is 59.7 Å². The fraction of sp³-hybridized carbons (Fsp3) is 0.176. The lowest BCUT2D eigenvalue weighted by molar-refractivity contribution is -0.121. The summed E-state index contributed by atoms with van der Waals surface area (Å²) in [6, 6.07) is 14.4. The molecule has 2 aromatic rings. The van der Waals surface area contributed by atoms with Gasteiger partial charge < -0.3 is 0 Å². The first-order valence-corrected chi connectivity index (χ1v) is 9.64. The Morgan fingerprint density at radius 1 is 1.16 bits per heavy atom. The van der Waals surface area contributed by atoms with Gasteiger partial charge in [0.25, 0.3) is 5.91 Å². The molecule has 0 spiro atoms. The average Bonchev–Trinajstić information content (AvgIpc) is 2.56. The largest absolute Gasteiger partial charge is 0.271 e. The Labute approximate surface area is 152 Å². The molecule has 1 atom stereocenters. The number of hydrogen-bond donors (Lipinski definition) is 1. The molecule has 0 heterocycles. The van der Waals surface area contributed by atoms with Gasteiger partial charge in [0.1, 0.15) is 6.04 Å². The fourth-order valence-electron chi connectivity index (χ4n) is 2.20. The highest BCUT2D eigenvalue weighted by Gasteiger charge is 2.28. The van der Waals surface area contributed by atoms with Gasteiger partial charge in [-0.05, 0) is 36.8 Å². The molecule has 132 valence electrons. The summed E-state index contributed by atoms with van der Waals surface area (Å²) in [4.78, 5) is 12.3. The molecule has 1 amide bonds. The number of carbonyl (C=O) groups is 1. The number of rotatable bonds is 6. The number of amides is 1. The van der Waals surface area contributed by atoms with E-state index in [0.717, 1.165) is 16.1 Å². The Morgan fingerprint density at radius 2 is 1.76 bits per heavy atom. The predicted molar refractivity (Wildman–Crippen MR) is 100 cm³/mol. The van der Waals surface area contributed by atoms with E-state index in [1.54, 1.807) is 54.6 Å². The Balaban J connectivity index is 2.12. The minimum Gasteiger partial charge on any atom is -0.271 e. The number of hydrazone groups is 1. The molecule has 1 N–H and O–H groups in total. The average molecular weight is 380 g/mol. The van der Waals surface area contributed by atoms with E-state index in [2.05, 4.69) is 10.5 Å². The summed E-state index contributed by atoms with van der Waals surface area (Å²) >= 11 is 5.80. The molecule has 0 unspecified atom stereocenters. The molecular weight excluding hydrogens is 362 g/mol. The predicted octanol–water partition coefficient (Wildman–Crippen LogP) is 2.64. The standard InChI is InChI=1S/C17H18ClN3O3S/c1-13(21(25(2,23)24)16-6-4-3-5-7-16)17(22)20-19-12-14-8-10-15(18)11-9-14/h3-13H,1-2H3,(H,20,22)/b19-12-/t13-/m0/s1. The highest BCUT2D eigenvalue weighted by Crippen LogP contribution is 2.20. The SMILES string of the molecule is C[C@@H](C(=O)N/N=C\c1ccc(Cl)cc1)N(c1ccccc1)S(C)(=O)=O. The van der Waals surface area contributed by atoms with E-state index in [-0.39, 0.29) is 0 Å². The van der Waals surface area contributed by atoms with Crippen LogP contribution in [-0.4, -0.2) is 32.8 Å². The molecule has 0 bridgehead atoms. The number of nitrogens with zero attached hydrogens (tertiary/aromatic N) is 2. The number of benzene rings is 2. The molecule has 0 aromatic heterocycles. The molecule has 0 aliphatic heterocycles. The lowest BCUT2D eigenvalue weighted by Crippen LogP contribution is -2.46. The summed E-state index contributed by atoms with van der Waals surface area (Å²) in [7, 11) is -3.64. The third kappa shape index (κ3) is 5.30. The van der Waals surface area contributed by atoms with Crippen LogP contribution in [0.1, 0.15) is 12.5 Å². The van der Waals surface area contributed by atoms with Crippen molar-refractivity contribution in [2.75, 3.05) is 10.6 Å². The van der Waals surface area contributed by atoms with Crippen molar-refractivity contribution in [1.82, 2.24) is 5.43 Å². The van der Waals surface area contributed by atoms with Crippen LogP contribution in [-0.2, 0) is 14.8 Å². The molecule has 2 aromatic carbocycles. The Morgan fingerprint density at radius 3 is 2.32 bits per heavy atom. The van der Waals surface area contributed by atoms with Gasteiger partial charge in [0, 0.05) is 5.02 Å². The van der Waals surface area contributed by atoms with Crippen molar-refractivity contribution in [2.45, 2.75) is 13.0 Å². The normalized spacial score (nSPS) is 12.8. The molecule has 6 nitrogen and oxygen atoms in total. The van der Waals surface area contributed by atoms with E-state index in [4.69, 9.17) is 11.6 Å². The summed E-state index contributed by atoms with van der Waals surface area (Å²) in [5, 5.41) is 4.46. The van der Waals surface area contributed by atoms with Crippen molar-refractivity contribution in [2.24, 2.45) is 5.10 Å². The highest BCUT2D eigenvalue weighted by molar-refractivity contribution is 7.92. The summed E-state index contributed by atoms with van der Waals surface area (Å²) < 4.78 is 25.3. The summed E-state index contributed by atoms with van der Waals surface area (Å²) in [6.45, 7) is 1.50. The molecular formula is C17H18ClN3O3S. The van der Waals surface area contributed by atoms with Gasteiger partial charge in [-0.3, -0.25) is 9.10 Å². The topological polar surface area (TPSA) is 78.8 Å². The smallest absolute Gasteiger partial charge is 0.263 e. The molecule has 0 aliphatic carbocycles. The first-order chi connectivity index (χ1) is 11.8. The van der Waals surface area contributed by atoms with Crippen molar-refractivity contribution < 1.29 is 13.2 Å². The third-order valence-electron chi connectivity index (χ3n) is 3.36. The van der Waals surface area contributed by atoms with Crippen LogP contribution in [0.3, 0.4) is 0 Å². The second kappa shape index (κ2) is 8.13. The number of sulfonamides is 1. The zero-order valence-electron chi connectivity index (χ0n) is 13.8. The number of para-hydroxylation sites is 1. The van der Waals surface area contributed by atoms with Gasteiger partial charge in [0.15, 0.2) is 0 Å². The fourth-order valence-corrected chi connectivity index (χ4v) is 3.50. The van der Waals surface area contributed by atoms with Gasteiger partial charge in [0.05, 0.1) is 18.2 Å². The minimum absolute atomic E-state index is 0.411. The first-order valence-electron chi connectivity index (χ1n) is 7.42. The van der Waals surface area contributed by atoms with Crippen molar-refractivity contribution >= 4 is 39.4 Å². The molecule has 8 heteroatoms. The van der Waals surface area contributed by atoms with E-state index >= 15 is 0 Å². The second-order valence-corrected chi connectivity index (χ2v) is 7.65. The monoisotopic (exact) mass is 379 g/mol. The van der Waals surface area contributed by atoms with Gasteiger partial charge in [-0.25, -0.2) is 13.8 Å². The lowest BCUT2D eigenvalue weighted by atomic mass is 10.2.